The number of likely N-dealkylation sites (tertiary alicyclic amines) is 1. The summed E-state index contributed by atoms with van der Waals surface area (Å²) in [6.45, 7) is 5.09. The Hall–Kier alpha value is -5.64. The zero-order chi connectivity index (χ0) is 43.7. The summed E-state index contributed by atoms with van der Waals surface area (Å²) in [6.07, 6.45) is -8.29. The first-order chi connectivity index (χ1) is 27.5. The van der Waals surface area contributed by atoms with Gasteiger partial charge in [0.1, 0.15) is 10.8 Å². The summed E-state index contributed by atoms with van der Waals surface area (Å²) in [5.74, 6) is -4.67. The molecule has 13 nitrogen and oxygen atoms in total. The Labute approximate surface area is 334 Å². The molecule has 1 saturated heterocycles. The molecule has 318 valence electrons. The number of pyridine rings is 1. The summed E-state index contributed by atoms with van der Waals surface area (Å²) in [6, 6.07) is 10.3. The van der Waals surface area contributed by atoms with E-state index < -0.39 is 36.4 Å². The van der Waals surface area contributed by atoms with Gasteiger partial charge >= 0.3 is 30.1 Å². The van der Waals surface area contributed by atoms with Crippen molar-refractivity contribution in [3.8, 4) is 0 Å². The molecule has 1 aromatic carbocycles. The van der Waals surface area contributed by atoms with Gasteiger partial charge in [-0.2, -0.15) is 44.5 Å². The van der Waals surface area contributed by atoms with Crippen molar-refractivity contribution in [2.24, 2.45) is 5.92 Å². The van der Waals surface area contributed by atoms with Gasteiger partial charge in [0.25, 0.3) is 5.91 Å². The minimum atomic E-state index is -5.77. The molecule has 0 atom stereocenters. The van der Waals surface area contributed by atoms with E-state index in [0.717, 1.165) is 68.8 Å². The Kier molecular flexibility index (Phi) is 15.1. The Balaban J connectivity index is 0.000000358. The lowest BCUT2D eigenvalue weighted by Gasteiger charge is -2.33. The smallest absolute Gasteiger partial charge is 0.361 e. The third-order valence-electron chi connectivity index (χ3n) is 8.56. The number of ketones is 2. The summed E-state index contributed by atoms with van der Waals surface area (Å²) >= 11 is 6.42. The number of carbonyl (C=O) groups is 4. The third kappa shape index (κ3) is 14.0. The number of carbonyl (C=O) groups excluding carboxylic acids is 4. The molecule has 6 rings (SSSR count). The molecule has 3 aromatic heterocycles. The van der Waals surface area contributed by atoms with Gasteiger partial charge in [-0.3, -0.25) is 24.2 Å². The molecule has 1 fully saturated rings. The van der Waals surface area contributed by atoms with Crippen molar-refractivity contribution in [3.63, 3.8) is 0 Å². The fraction of sp³-hybridized carbons (Fsp3) is 0.389. The number of anilines is 4. The second kappa shape index (κ2) is 19.4. The van der Waals surface area contributed by atoms with Gasteiger partial charge in [-0.25, -0.2) is 4.98 Å². The molecule has 23 heteroatoms. The molecule has 0 aliphatic carbocycles. The van der Waals surface area contributed by atoms with Crippen molar-refractivity contribution in [1.29, 1.82) is 0 Å². The van der Waals surface area contributed by atoms with Crippen molar-refractivity contribution in [2.45, 2.75) is 57.7 Å². The molecule has 0 spiro atoms. The molecule has 0 radical (unpaired) electrons. The van der Waals surface area contributed by atoms with Crippen LogP contribution in [-0.4, -0.2) is 98.9 Å². The molecule has 6 bridgehead atoms. The maximum absolute atomic E-state index is 12.7. The first kappa shape index (κ1) is 46.1. The van der Waals surface area contributed by atoms with Gasteiger partial charge in [-0.1, -0.05) is 22.8 Å². The maximum Gasteiger partial charge on any atom is 0.458 e. The Morgan fingerprint density at radius 2 is 1.56 bits per heavy atom. The molecule has 2 aliphatic rings. The number of nitrogens with zero attached hydrogens (tertiary/aromatic N) is 6. The minimum Gasteiger partial charge on any atom is -0.361 e. The summed E-state index contributed by atoms with van der Waals surface area (Å²) in [5.41, 5.74) is 5.87. The predicted molar refractivity (Wildman–Crippen MR) is 192 cm³/mol. The molecule has 59 heavy (non-hydrogen) atoms. The quantitative estimate of drug-likeness (QED) is 0.112. The molecule has 0 unspecified atom stereocenters. The molecule has 2 aliphatic heterocycles. The van der Waals surface area contributed by atoms with Gasteiger partial charge in [0.05, 0.1) is 18.1 Å². The SMILES string of the molecule is Cc1cc(C(=O)N2CCC(CN(C)Cc3ccc4cc3CCc3cncc(c3)Nc3ncc(Cl)c(n3)N4)CC2)no1.O=C(C(=O)C(F)(F)F)C(F)(F)F.O=CC(F)(F)F. The van der Waals surface area contributed by atoms with E-state index in [4.69, 9.17) is 20.9 Å². The summed E-state index contributed by atoms with van der Waals surface area (Å²) < 4.78 is 103. The van der Waals surface area contributed by atoms with Crippen LogP contribution in [0.2, 0.25) is 5.02 Å². The number of aldehydes is 1. The number of piperidine rings is 1. The summed E-state index contributed by atoms with van der Waals surface area (Å²) in [4.78, 5) is 58.3. The van der Waals surface area contributed by atoms with E-state index >= 15 is 0 Å². The van der Waals surface area contributed by atoms with Crippen molar-refractivity contribution in [1.82, 2.24) is 29.9 Å². The first-order valence-corrected chi connectivity index (χ1v) is 17.7. The fourth-order valence-corrected chi connectivity index (χ4v) is 5.98. The lowest BCUT2D eigenvalue weighted by atomic mass is 9.95. The molecule has 0 saturated carbocycles. The van der Waals surface area contributed by atoms with E-state index in [1.54, 1.807) is 25.4 Å². The van der Waals surface area contributed by atoms with Gasteiger partial charge in [0.15, 0.2) is 11.5 Å². The number of amides is 1. The van der Waals surface area contributed by atoms with Gasteiger partial charge in [0.2, 0.25) is 12.2 Å². The fourth-order valence-electron chi connectivity index (χ4n) is 5.84. The number of Topliss-reactive ketones (excluding diaryl/α,β-unsaturated/α-hetero) is 2. The monoisotopic (exact) mass is 864 g/mol. The third-order valence-corrected chi connectivity index (χ3v) is 8.84. The van der Waals surface area contributed by atoms with Crippen LogP contribution in [0.4, 0.5) is 62.7 Å². The van der Waals surface area contributed by atoms with E-state index in [1.165, 1.54) is 11.1 Å². The van der Waals surface area contributed by atoms with E-state index in [2.05, 4.69) is 67.0 Å². The number of rotatable bonds is 6. The number of hydrogen-bond donors (Lipinski definition) is 2. The number of fused-ring (bicyclic) bond motifs is 6. The molecule has 5 heterocycles. The molecule has 4 aromatic rings. The Morgan fingerprint density at radius 3 is 2.14 bits per heavy atom. The predicted octanol–water partition coefficient (Wildman–Crippen LogP) is 7.39. The normalized spacial score (nSPS) is 14.4. The van der Waals surface area contributed by atoms with Gasteiger partial charge in [-0.15, -0.1) is 0 Å². The van der Waals surface area contributed by atoms with Crippen molar-refractivity contribution < 1.29 is 63.2 Å². The van der Waals surface area contributed by atoms with E-state index in [-0.39, 0.29) is 5.91 Å². The van der Waals surface area contributed by atoms with Crippen LogP contribution in [0, 0.1) is 12.8 Å². The summed E-state index contributed by atoms with van der Waals surface area (Å²) in [5, 5.41) is 10.9. The average molecular weight is 865 g/mol. The second-order valence-corrected chi connectivity index (χ2v) is 13.7. The summed E-state index contributed by atoms with van der Waals surface area (Å²) in [7, 11) is 2.18. The molecule has 1 amide bonds. The van der Waals surface area contributed by atoms with Crippen molar-refractivity contribution >= 4 is 58.5 Å². The second-order valence-electron chi connectivity index (χ2n) is 13.3. The minimum absolute atomic E-state index is 0.0432. The van der Waals surface area contributed by atoms with Crippen molar-refractivity contribution in [2.75, 3.05) is 37.3 Å². The number of hydrogen-bond acceptors (Lipinski definition) is 12. The van der Waals surface area contributed by atoms with Crippen LogP contribution in [0.25, 0.3) is 0 Å². The highest BCUT2D eigenvalue weighted by Crippen LogP contribution is 2.29. The standard InChI is InChI=1S/C30H33ClN8O2.C4F6O2.C2HF3O/c1-19-11-27(37-41-19)29(40)39-9-7-20(8-10-39)17-38(2)18-23-5-6-24-13-22(23)4-3-21-12-25(15-32-14-21)35-30-33-16-26(31)28(34-24)36-30;5-3(6,7)1(11)2(12)4(8,9)10;3-2(4,5)1-6/h5-6,11-16,20H,3-4,7-10,17-18H2,1-2H3,(H2,33,34,35,36);;1H. The molecule has 2 N–H and O–H groups in total. The van der Waals surface area contributed by atoms with Crippen molar-refractivity contribution in [3.05, 3.63) is 82.1 Å². The highest BCUT2D eigenvalue weighted by Gasteiger charge is 2.54. The maximum atomic E-state index is 12.7. The number of benzene rings is 1. The van der Waals surface area contributed by atoms with E-state index in [1.807, 2.05) is 11.1 Å². The van der Waals surface area contributed by atoms with Gasteiger partial charge in [-0.05, 0) is 80.5 Å². The van der Waals surface area contributed by atoms with Gasteiger partial charge < -0.3 is 25.0 Å². The number of alkyl halides is 9. The van der Waals surface area contributed by atoms with Crippen LogP contribution in [0.1, 0.15) is 45.8 Å². The van der Waals surface area contributed by atoms with Crippen LogP contribution in [0.3, 0.4) is 0 Å². The van der Waals surface area contributed by atoms with E-state index in [0.29, 0.717) is 34.2 Å². The number of aromatic nitrogens is 4. The van der Waals surface area contributed by atoms with Crippen LogP contribution >= 0.6 is 11.6 Å². The average Bonchev–Trinajstić information content (AvgIpc) is 3.61. The van der Waals surface area contributed by atoms with Crippen LogP contribution in [-0.2, 0) is 33.8 Å². The Morgan fingerprint density at radius 1 is 0.915 bits per heavy atom. The lowest BCUT2D eigenvalue weighted by molar-refractivity contribution is -0.193. The number of nitrogens with one attached hydrogen (secondary N) is 2. The topological polar surface area (TPSA) is 164 Å². The zero-order valence-electron chi connectivity index (χ0n) is 30.9. The lowest BCUT2D eigenvalue weighted by Crippen LogP contribution is -2.41. The highest BCUT2D eigenvalue weighted by atomic mass is 35.5. The highest BCUT2D eigenvalue weighted by molar-refractivity contribution is 6.41. The molecular formula is C36H34ClF9N8O5. The van der Waals surface area contributed by atoms with Crippen LogP contribution < -0.4 is 10.6 Å². The van der Waals surface area contributed by atoms with Crippen LogP contribution in [0.5, 0.6) is 0 Å². The molecular weight excluding hydrogens is 831 g/mol. The number of halogens is 10. The largest absolute Gasteiger partial charge is 0.458 e. The first-order valence-electron chi connectivity index (χ1n) is 17.3. The van der Waals surface area contributed by atoms with Crippen LogP contribution in [0.15, 0.2) is 53.4 Å². The number of aryl methyl sites for hydroxylation is 3. The zero-order valence-corrected chi connectivity index (χ0v) is 31.7. The van der Waals surface area contributed by atoms with Gasteiger partial charge in [0, 0.05) is 44.1 Å². The Bertz CT molecular complexity index is 2100. The van der Waals surface area contributed by atoms with E-state index in [9.17, 15) is 53.9 Å².